The molecule has 1 atom stereocenters. The number of fused-ring (bicyclic) bond motifs is 1. The zero-order valence-electron chi connectivity index (χ0n) is 17.8. The molecule has 32 heavy (non-hydrogen) atoms. The fourth-order valence-corrected chi connectivity index (χ4v) is 3.81. The van der Waals surface area contributed by atoms with Crippen LogP contribution in [0, 0.1) is 0 Å². The lowest BCUT2D eigenvalue weighted by molar-refractivity contribution is -0.139. The van der Waals surface area contributed by atoms with E-state index < -0.39 is 29.9 Å². The fourth-order valence-electron chi connectivity index (χ4n) is 3.81. The van der Waals surface area contributed by atoms with E-state index in [1.165, 1.54) is 4.90 Å². The minimum Gasteiger partial charge on any atom is -0.334 e. The molecule has 9 nitrogen and oxygen atoms in total. The van der Waals surface area contributed by atoms with E-state index >= 15 is 0 Å². The van der Waals surface area contributed by atoms with Crippen molar-refractivity contribution in [1.29, 1.82) is 0 Å². The molecule has 2 heterocycles. The van der Waals surface area contributed by atoms with E-state index in [0.717, 1.165) is 4.90 Å². The zero-order valence-corrected chi connectivity index (χ0v) is 17.8. The van der Waals surface area contributed by atoms with E-state index in [1.807, 2.05) is 6.07 Å². The van der Waals surface area contributed by atoms with E-state index in [0.29, 0.717) is 28.8 Å². The molecule has 1 fully saturated rings. The van der Waals surface area contributed by atoms with Crippen LogP contribution < -0.4 is 10.9 Å². The topological polar surface area (TPSA) is 115 Å². The summed E-state index contributed by atoms with van der Waals surface area (Å²) in [5, 5.41) is 3.16. The summed E-state index contributed by atoms with van der Waals surface area (Å²) in [6.45, 7) is 3.36. The van der Waals surface area contributed by atoms with Crippen molar-refractivity contribution in [2.45, 2.75) is 25.9 Å². The molecule has 9 heteroatoms. The van der Waals surface area contributed by atoms with Crippen LogP contribution in [0.4, 0.5) is 4.79 Å². The third kappa shape index (κ3) is 3.73. The average Bonchev–Trinajstić information content (AvgIpc) is 3.02. The Bertz CT molecular complexity index is 1260. The number of hydrogen-bond acceptors (Lipinski definition) is 5. The highest BCUT2D eigenvalue weighted by atomic mass is 16.2. The van der Waals surface area contributed by atoms with Gasteiger partial charge in [-0.25, -0.2) is 9.78 Å². The van der Waals surface area contributed by atoms with Crippen molar-refractivity contribution < 1.29 is 14.4 Å². The maximum atomic E-state index is 13.0. The van der Waals surface area contributed by atoms with Crippen LogP contribution in [-0.4, -0.2) is 50.7 Å². The number of hydrogen-bond donors (Lipinski definition) is 2. The highest BCUT2D eigenvalue weighted by molar-refractivity contribution is 6.09. The number of carbonyl (C=O) groups excluding carboxylic acids is 3. The van der Waals surface area contributed by atoms with Gasteiger partial charge in [0.05, 0.1) is 17.4 Å². The molecule has 0 spiro atoms. The number of imide groups is 1. The molecule has 4 rings (SSSR count). The van der Waals surface area contributed by atoms with Crippen molar-refractivity contribution >= 4 is 28.7 Å². The Morgan fingerprint density at radius 2 is 1.75 bits per heavy atom. The molecule has 2 aromatic carbocycles. The normalized spacial score (nSPS) is 18.1. The van der Waals surface area contributed by atoms with Gasteiger partial charge in [0.2, 0.25) is 5.91 Å². The first-order valence-electron chi connectivity index (χ1n) is 10.3. The lowest BCUT2D eigenvalue weighted by Gasteiger charge is -2.24. The van der Waals surface area contributed by atoms with Gasteiger partial charge in [-0.05, 0) is 31.5 Å². The molecule has 4 amide bonds. The first-order chi connectivity index (χ1) is 15.3. The van der Waals surface area contributed by atoms with Gasteiger partial charge in [0, 0.05) is 6.54 Å². The summed E-state index contributed by atoms with van der Waals surface area (Å²) in [6.07, 6.45) is 0. The molecular weight excluding hydrogens is 410 g/mol. The second kappa shape index (κ2) is 8.26. The second-order valence-electron chi connectivity index (χ2n) is 7.75. The summed E-state index contributed by atoms with van der Waals surface area (Å²) in [5.41, 5.74) is -0.358. The Morgan fingerprint density at radius 1 is 1.06 bits per heavy atom. The number of para-hydroxylation sites is 1. The van der Waals surface area contributed by atoms with Gasteiger partial charge in [0.1, 0.15) is 17.9 Å². The van der Waals surface area contributed by atoms with E-state index in [1.54, 1.807) is 62.4 Å². The maximum Gasteiger partial charge on any atom is 0.325 e. The number of aromatic amines is 1. The van der Waals surface area contributed by atoms with E-state index in [2.05, 4.69) is 15.3 Å². The molecule has 3 aromatic rings. The van der Waals surface area contributed by atoms with Crippen LogP contribution >= 0.6 is 0 Å². The highest BCUT2D eigenvalue weighted by Gasteiger charge is 2.49. The predicted octanol–water partition coefficient (Wildman–Crippen LogP) is 1.74. The SMILES string of the molecule is CCN(Cc1nc2ccccc2c(=O)[nH]1)C(=O)CN1C(=O)N[C@@](C)(c2ccccc2)C1=O. The van der Waals surface area contributed by atoms with Crippen molar-refractivity contribution in [3.05, 3.63) is 76.3 Å². The maximum absolute atomic E-state index is 13.0. The first kappa shape index (κ1) is 21.2. The van der Waals surface area contributed by atoms with Crippen molar-refractivity contribution in [2.75, 3.05) is 13.1 Å². The van der Waals surface area contributed by atoms with Crippen molar-refractivity contribution in [2.24, 2.45) is 0 Å². The first-order valence-corrected chi connectivity index (χ1v) is 10.3. The lowest BCUT2D eigenvalue weighted by Crippen LogP contribution is -2.44. The summed E-state index contributed by atoms with van der Waals surface area (Å²) in [6, 6.07) is 15.2. The Kier molecular flexibility index (Phi) is 5.48. The third-order valence-corrected chi connectivity index (χ3v) is 5.66. The van der Waals surface area contributed by atoms with Gasteiger partial charge in [0.25, 0.3) is 11.5 Å². The number of aromatic nitrogens is 2. The number of nitrogens with zero attached hydrogens (tertiary/aromatic N) is 3. The molecule has 164 valence electrons. The average molecular weight is 433 g/mol. The third-order valence-electron chi connectivity index (χ3n) is 5.66. The number of carbonyl (C=O) groups is 3. The number of benzene rings is 2. The molecule has 2 N–H and O–H groups in total. The largest absolute Gasteiger partial charge is 0.334 e. The molecule has 0 saturated carbocycles. The molecule has 1 aliphatic heterocycles. The van der Waals surface area contributed by atoms with Crippen molar-refractivity contribution in [1.82, 2.24) is 25.1 Å². The minimum atomic E-state index is -1.24. The van der Waals surface area contributed by atoms with E-state index in [9.17, 15) is 19.2 Å². The number of amides is 4. The van der Waals surface area contributed by atoms with Gasteiger partial charge in [-0.3, -0.25) is 19.3 Å². The summed E-state index contributed by atoms with van der Waals surface area (Å²) in [7, 11) is 0. The monoisotopic (exact) mass is 433 g/mol. The Hall–Kier alpha value is -4.01. The van der Waals surface area contributed by atoms with Crippen LogP contribution in [0.25, 0.3) is 10.9 Å². The Balaban J connectivity index is 1.52. The molecule has 0 unspecified atom stereocenters. The summed E-state index contributed by atoms with van der Waals surface area (Å²) in [5.74, 6) is -0.588. The van der Waals surface area contributed by atoms with Gasteiger partial charge in [-0.2, -0.15) is 0 Å². The van der Waals surface area contributed by atoms with Gasteiger partial charge in [-0.1, -0.05) is 42.5 Å². The molecule has 1 aliphatic rings. The Labute approximate surface area is 184 Å². The molecular formula is C23H23N5O4. The van der Waals surface area contributed by atoms with Gasteiger partial charge in [-0.15, -0.1) is 0 Å². The number of nitrogens with one attached hydrogen (secondary N) is 2. The van der Waals surface area contributed by atoms with Crippen LogP contribution in [0.15, 0.2) is 59.4 Å². The van der Waals surface area contributed by atoms with Crippen LogP contribution in [0.1, 0.15) is 25.2 Å². The molecule has 0 aliphatic carbocycles. The Morgan fingerprint density at radius 3 is 2.47 bits per heavy atom. The van der Waals surface area contributed by atoms with Crippen LogP contribution in [0.3, 0.4) is 0 Å². The van der Waals surface area contributed by atoms with Crippen LogP contribution in [0.5, 0.6) is 0 Å². The number of H-pyrrole nitrogens is 1. The van der Waals surface area contributed by atoms with Gasteiger partial charge in [0.15, 0.2) is 0 Å². The lowest BCUT2D eigenvalue weighted by atomic mass is 9.92. The van der Waals surface area contributed by atoms with E-state index in [-0.39, 0.29) is 12.1 Å². The predicted molar refractivity (Wildman–Crippen MR) is 117 cm³/mol. The summed E-state index contributed by atoms with van der Waals surface area (Å²) in [4.78, 5) is 60.3. The standard InChI is InChI=1S/C23H23N5O4/c1-3-27(13-18-24-17-12-8-7-11-16(17)20(30)25-18)19(29)14-28-21(31)23(2,26-22(28)32)15-9-5-4-6-10-15/h4-12H,3,13-14H2,1-2H3,(H,26,32)(H,24,25,30)/t23-/m0/s1. The van der Waals surface area contributed by atoms with Crippen LogP contribution in [-0.2, 0) is 21.7 Å². The zero-order chi connectivity index (χ0) is 22.9. The molecule has 0 radical (unpaired) electrons. The quantitative estimate of drug-likeness (QED) is 0.575. The second-order valence-corrected chi connectivity index (χ2v) is 7.75. The smallest absolute Gasteiger partial charge is 0.325 e. The summed E-state index contributed by atoms with van der Waals surface area (Å²) < 4.78 is 0. The van der Waals surface area contributed by atoms with Crippen molar-refractivity contribution in [3.63, 3.8) is 0 Å². The number of likely N-dealkylation sites (N-methyl/N-ethyl adjacent to an activating group) is 1. The number of rotatable bonds is 6. The molecule has 0 bridgehead atoms. The van der Waals surface area contributed by atoms with E-state index in [4.69, 9.17) is 0 Å². The summed E-state index contributed by atoms with van der Waals surface area (Å²) >= 11 is 0. The van der Waals surface area contributed by atoms with Crippen LogP contribution in [0.2, 0.25) is 0 Å². The minimum absolute atomic E-state index is 0.0506. The highest BCUT2D eigenvalue weighted by Crippen LogP contribution is 2.28. The van der Waals surface area contributed by atoms with Crippen molar-refractivity contribution in [3.8, 4) is 0 Å². The number of urea groups is 1. The molecule has 1 saturated heterocycles. The molecule has 1 aromatic heterocycles. The fraction of sp³-hybridized carbons (Fsp3) is 0.261. The van der Waals surface area contributed by atoms with Gasteiger partial charge >= 0.3 is 6.03 Å². The van der Waals surface area contributed by atoms with Gasteiger partial charge < -0.3 is 15.2 Å².